The topological polar surface area (TPSA) is 57.4 Å². The maximum absolute atomic E-state index is 12.6. The highest BCUT2D eigenvalue weighted by atomic mass is 16.6. The number of ether oxygens (including phenoxy) is 2. The number of benzene rings is 1. The van der Waals surface area contributed by atoms with E-state index in [0.29, 0.717) is 5.92 Å². The van der Waals surface area contributed by atoms with Gasteiger partial charge in [-0.05, 0) is 70.2 Å². The molecule has 2 aliphatic heterocycles. The van der Waals surface area contributed by atoms with Crippen molar-refractivity contribution in [2.45, 2.75) is 69.8 Å². The summed E-state index contributed by atoms with van der Waals surface area (Å²) in [6.07, 6.45) is 9.86. The van der Waals surface area contributed by atoms with Crippen molar-refractivity contribution in [2.75, 3.05) is 25.6 Å². The average Bonchev–Trinajstić information content (AvgIpc) is 3.64. The number of rotatable bonds is 7. The van der Waals surface area contributed by atoms with Gasteiger partial charge in [0.15, 0.2) is 0 Å². The first-order chi connectivity index (χ1) is 14.7. The van der Waals surface area contributed by atoms with Crippen LogP contribution in [0.5, 0.6) is 0 Å². The van der Waals surface area contributed by atoms with Gasteiger partial charge in [0.25, 0.3) is 0 Å². The fraction of sp³-hybridized carbons (Fsp3) is 0.577. The van der Waals surface area contributed by atoms with Gasteiger partial charge in [-0.25, -0.2) is 0 Å². The third-order valence-electron chi connectivity index (χ3n) is 7.18. The molecule has 1 amide bonds. The first kappa shape index (κ1) is 22.1. The number of amides is 1. The molecule has 1 aromatic rings. The molecule has 0 unspecified atom stereocenters. The smallest absolute Gasteiger partial charge is 0.244 e. The summed E-state index contributed by atoms with van der Waals surface area (Å²) in [5, 5.41) is 3.22. The molecule has 2 saturated heterocycles. The molecule has 168 valence electrons. The van der Waals surface area contributed by atoms with Crippen molar-refractivity contribution in [3.05, 3.63) is 47.6 Å². The fourth-order valence-electron chi connectivity index (χ4n) is 5.04. The molecule has 1 aliphatic carbocycles. The molecule has 5 nitrogen and oxygen atoms in total. The van der Waals surface area contributed by atoms with Gasteiger partial charge in [-0.3, -0.25) is 4.79 Å². The molecule has 1 saturated carbocycles. The minimum atomic E-state index is -0.143. The van der Waals surface area contributed by atoms with Crippen LogP contribution in [0, 0.1) is 5.92 Å². The van der Waals surface area contributed by atoms with E-state index in [4.69, 9.17) is 9.47 Å². The van der Waals surface area contributed by atoms with Crippen molar-refractivity contribution in [1.29, 1.82) is 0 Å². The van der Waals surface area contributed by atoms with Gasteiger partial charge in [0.2, 0.25) is 5.91 Å². The second kappa shape index (κ2) is 8.44. The standard InChI is InChI=1S/C26H36N2O3/c1-18(2)6-12-23-25(3,31-23)22-16-20(14-15-26(22)17-30-26)27-24(29)13-9-19-7-10-21(11-8-19)28(4)5/h6-11,13,20,22-23H,12,14-17H2,1-5H3,(H,27,29)/b13-9+/t20-,22-,23-,25+,26+/m1/s1. The third-order valence-corrected chi connectivity index (χ3v) is 7.18. The number of nitrogens with one attached hydrogen (secondary N) is 1. The molecule has 5 atom stereocenters. The Morgan fingerprint density at radius 3 is 2.58 bits per heavy atom. The predicted octanol–water partition coefficient (Wildman–Crippen LogP) is 4.33. The lowest BCUT2D eigenvalue weighted by atomic mass is 9.69. The van der Waals surface area contributed by atoms with E-state index >= 15 is 0 Å². The van der Waals surface area contributed by atoms with Crippen LogP contribution in [0.1, 0.15) is 52.0 Å². The fourth-order valence-corrected chi connectivity index (χ4v) is 5.04. The first-order valence-corrected chi connectivity index (χ1v) is 11.4. The Morgan fingerprint density at radius 1 is 1.26 bits per heavy atom. The van der Waals surface area contributed by atoms with E-state index in [1.165, 1.54) is 5.57 Å². The average molecular weight is 425 g/mol. The lowest BCUT2D eigenvalue weighted by Crippen LogP contribution is -2.48. The van der Waals surface area contributed by atoms with Crippen LogP contribution in [0.25, 0.3) is 6.08 Å². The summed E-state index contributed by atoms with van der Waals surface area (Å²) >= 11 is 0. The van der Waals surface area contributed by atoms with Crippen molar-refractivity contribution < 1.29 is 14.3 Å². The number of carbonyl (C=O) groups excluding carboxylic acids is 1. The van der Waals surface area contributed by atoms with Crippen LogP contribution in [-0.2, 0) is 14.3 Å². The zero-order chi connectivity index (χ0) is 22.2. The first-order valence-electron chi connectivity index (χ1n) is 11.4. The monoisotopic (exact) mass is 424 g/mol. The van der Waals surface area contributed by atoms with Gasteiger partial charge in [0.1, 0.15) is 0 Å². The summed E-state index contributed by atoms with van der Waals surface area (Å²) in [4.78, 5) is 14.6. The minimum absolute atomic E-state index is 0.0281. The van der Waals surface area contributed by atoms with Gasteiger partial charge in [0.05, 0.1) is 23.9 Å². The number of hydrogen-bond donors (Lipinski definition) is 1. The molecule has 0 aromatic heterocycles. The van der Waals surface area contributed by atoms with Crippen LogP contribution in [0.15, 0.2) is 42.0 Å². The van der Waals surface area contributed by atoms with Gasteiger partial charge in [-0.15, -0.1) is 0 Å². The molecule has 2 heterocycles. The van der Waals surface area contributed by atoms with Crippen molar-refractivity contribution in [3.63, 3.8) is 0 Å². The Morgan fingerprint density at radius 2 is 1.97 bits per heavy atom. The molecule has 4 rings (SSSR count). The van der Waals surface area contributed by atoms with E-state index < -0.39 is 0 Å². The molecule has 0 bridgehead atoms. The number of carbonyl (C=O) groups is 1. The number of epoxide rings is 2. The summed E-state index contributed by atoms with van der Waals surface area (Å²) in [6, 6.07) is 8.34. The molecular formula is C26H36N2O3. The highest BCUT2D eigenvalue weighted by molar-refractivity contribution is 5.92. The van der Waals surface area contributed by atoms with E-state index in [2.05, 4.69) is 49.2 Å². The molecule has 1 aromatic carbocycles. The third kappa shape index (κ3) is 4.88. The molecule has 3 aliphatic rings. The van der Waals surface area contributed by atoms with Gasteiger partial charge in [-0.1, -0.05) is 23.8 Å². The Balaban J connectivity index is 1.34. The molecule has 31 heavy (non-hydrogen) atoms. The quantitative estimate of drug-likeness (QED) is 0.402. The van der Waals surface area contributed by atoms with Crippen LogP contribution < -0.4 is 10.2 Å². The van der Waals surface area contributed by atoms with E-state index in [9.17, 15) is 4.79 Å². The number of nitrogens with zero attached hydrogens (tertiary/aromatic N) is 1. The lowest BCUT2D eigenvalue weighted by molar-refractivity contribution is -0.117. The summed E-state index contributed by atoms with van der Waals surface area (Å²) in [5.41, 5.74) is 3.32. The summed E-state index contributed by atoms with van der Waals surface area (Å²) in [7, 11) is 4.03. The minimum Gasteiger partial charge on any atom is -0.378 e. The number of allylic oxidation sites excluding steroid dienone is 1. The van der Waals surface area contributed by atoms with Crippen molar-refractivity contribution in [1.82, 2.24) is 5.32 Å². The molecule has 1 spiro atoms. The van der Waals surface area contributed by atoms with Crippen LogP contribution in [-0.4, -0.2) is 50.0 Å². The molecule has 3 fully saturated rings. The Bertz CT molecular complexity index is 865. The van der Waals surface area contributed by atoms with Gasteiger partial charge < -0.3 is 19.7 Å². The van der Waals surface area contributed by atoms with Crippen LogP contribution in [0.4, 0.5) is 5.69 Å². The van der Waals surface area contributed by atoms with Crippen molar-refractivity contribution >= 4 is 17.7 Å². The Hall–Kier alpha value is -2.11. The lowest BCUT2D eigenvalue weighted by Gasteiger charge is -2.37. The zero-order valence-corrected chi connectivity index (χ0v) is 19.5. The molecular weight excluding hydrogens is 388 g/mol. The van der Waals surface area contributed by atoms with E-state index in [-0.39, 0.29) is 29.3 Å². The van der Waals surface area contributed by atoms with Crippen molar-refractivity contribution in [2.24, 2.45) is 5.92 Å². The second-order valence-corrected chi connectivity index (χ2v) is 10.0. The normalized spacial score (nSPS) is 33.9. The van der Waals surface area contributed by atoms with E-state index in [1.54, 1.807) is 6.08 Å². The van der Waals surface area contributed by atoms with E-state index in [0.717, 1.165) is 43.5 Å². The molecule has 1 N–H and O–H groups in total. The molecule has 0 radical (unpaired) electrons. The maximum Gasteiger partial charge on any atom is 0.244 e. The van der Waals surface area contributed by atoms with Gasteiger partial charge in [0, 0.05) is 37.8 Å². The number of anilines is 1. The van der Waals surface area contributed by atoms with Gasteiger partial charge in [-0.2, -0.15) is 0 Å². The Kier molecular flexibility index (Phi) is 6.01. The maximum atomic E-state index is 12.6. The Labute approximate surface area is 186 Å². The SMILES string of the molecule is CC(C)=CC[C@H]1O[C@@]1(C)[C@H]1C[C@H](NC(=O)/C=C/c2ccc(N(C)C)cc2)CC[C@]12CO2. The van der Waals surface area contributed by atoms with Gasteiger partial charge >= 0.3 is 0 Å². The number of hydrogen-bond acceptors (Lipinski definition) is 4. The predicted molar refractivity (Wildman–Crippen MR) is 125 cm³/mol. The summed E-state index contributed by atoms with van der Waals surface area (Å²) in [6.45, 7) is 7.31. The summed E-state index contributed by atoms with van der Waals surface area (Å²) in [5.74, 6) is 0.299. The van der Waals surface area contributed by atoms with Crippen LogP contribution >= 0.6 is 0 Å². The highest BCUT2D eigenvalue weighted by Crippen LogP contribution is 2.58. The summed E-state index contributed by atoms with van der Waals surface area (Å²) < 4.78 is 12.1. The van der Waals surface area contributed by atoms with Crippen molar-refractivity contribution in [3.8, 4) is 0 Å². The van der Waals surface area contributed by atoms with Crippen LogP contribution in [0.3, 0.4) is 0 Å². The van der Waals surface area contributed by atoms with Crippen LogP contribution in [0.2, 0.25) is 0 Å². The molecule has 5 heteroatoms. The van der Waals surface area contributed by atoms with E-state index in [1.807, 2.05) is 32.3 Å². The highest BCUT2D eigenvalue weighted by Gasteiger charge is 2.68. The second-order valence-electron chi connectivity index (χ2n) is 10.0. The zero-order valence-electron chi connectivity index (χ0n) is 19.5. The largest absolute Gasteiger partial charge is 0.378 e.